The number of amides is 1. The van der Waals surface area contributed by atoms with E-state index in [1.54, 1.807) is 26.8 Å². The van der Waals surface area contributed by atoms with Crippen molar-refractivity contribution in [3.63, 3.8) is 0 Å². The van der Waals surface area contributed by atoms with Crippen LogP contribution in [0.25, 0.3) is 0 Å². The van der Waals surface area contributed by atoms with Crippen molar-refractivity contribution in [2.45, 2.75) is 32.8 Å². The van der Waals surface area contributed by atoms with Crippen molar-refractivity contribution in [3.8, 4) is 0 Å². The molecule has 0 saturated carbocycles. The van der Waals surface area contributed by atoms with E-state index in [0.29, 0.717) is 5.69 Å². The molecular weight excluding hydrogens is 293 g/mol. The fraction of sp³-hybridized carbons (Fsp3) is 0.429. The number of primary amides is 1. The quantitative estimate of drug-likeness (QED) is 0.630. The Hall–Kier alpha value is -2.51. The number of nitrogens with two attached hydrogens (primary N) is 2. The summed E-state index contributed by atoms with van der Waals surface area (Å²) in [5.41, 5.74) is 10.1. The summed E-state index contributed by atoms with van der Waals surface area (Å²) < 4.78 is 17.5. The van der Waals surface area contributed by atoms with Gasteiger partial charge in [0.25, 0.3) is 0 Å². The maximum absolute atomic E-state index is 12.9. The average molecular weight is 315 g/mol. The van der Waals surface area contributed by atoms with E-state index in [4.69, 9.17) is 16.6 Å². The number of carboxylic acids is 1. The van der Waals surface area contributed by atoms with E-state index in [0.717, 1.165) is 0 Å². The van der Waals surface area contributed by atoms with Gasteiger partial charge in [0.05, 0.1) is 17.8 Å². The number of rotatable bonds is 4. The number of carboxylic acid groups (broad SMARTS) is 1. The van der Waals surface area contributed by atoms with E-state index in [2.05, 4.69) is 10.1 Å². The van der Waals surface area contributed by atoms with E-state index in [-0.39, 0.29) is 18.7 Å². The number of halogens is 1. The second-order valence-corrected chi connectivity index (χ2v) is 5.31. The SMILES string of the molecule is CC(C)(C)OC(N)=O.Nc1c(F)cccc1NCCC(=O)O. The molecular formula is C14H22FN3O4. The third kappa shape index (κ3) is 9.40. The van der Waals surface area contributed by atoms with E-state index >= 15 is 0 Å². The van der Waals surface area contributed by atoms with Gasteiger partial charge in [0, 0.05) is 6.54 Å². The normalized spacial score (nSPS) is 10.2. The average Bonchev–Trinajstić information content (AvgIpc) is 2.31. The molecule has 1 aromatic carbocycles. The zero-order valence-electron chi connectivity index (χ0n) is 12.9. The molecule has 0 aliphatic heterocycles. The van der Waals surface area contributed by atoms with Crippen molar-refractivity contribution in [2.75, 3.05) is 17.6 Å². The molecule has 0 bridgehead atoms. The molecule has 0 radical (unpaired) electrons. The number of carbonyl (C=O) groups excluding carboxylic acids is 1. The van der Waals surface area contributed by atoms with Crippen LogP contribution in [-0.2, 0) is 9.53 Å². The molecule has 22 heavy (non-hydrogen) atoms. The maximum Gasteiger partial charge on any atom is 0.405 e. The second kappa shape index (κ2) is 8.71. The lowest BCUT2D eigenvalue weighted by Crippen LogP contribution is -2.27. The summed E-state index contributed by atoms with van der Waals surface area (Å²) >= 11 is 0. The van der Waals surface area contributed by atoms with Gasteiger partial charge in [-0.3, -0.25) is 4.79 Å². The number of para-hydroxylation sites is 1. The first-order chi connectivity index (χ1) is 10.0. The zero-order chi connectivity index (χ0) is 17.3. The van der Waals surface area contributed by atoms with Gasteiger partial charge in [0.1, 0.15) is 11.4 Å². The summed E-state index contributed by atoms with van der Waals surface area (Å²) in [7, 11) is 0. The van der Waals surface area contributed by atoms with Crippen LogP contribution in [0.1, 0.15) is 27.2 Å². The number of nitrogens with one attached hydrogen (secondary N) is 1. The molecule has 0 aliphatic rings. The minimum Gasteiger partial charge on any atom is -0.481 e. The van der Waals surface area contributed by atoms with Crippen LogP contribution in [-0.4, -0.2) is 29.3 Å². The summed E-state index contributed by atoms with van der Waals surface area (Å²) in [6.07, 6.45) is -0.756. The summed E-state index contributed by atoms with van der Waals surface area (Å²) in [5.74, 6) is -1.42. The van der Waals surface area contributed by atoms with Gasteiger partial charge in [-0.2, -0.15) is 0 Å². The first-order valence-corrected chi connectivity index (χ1v) is 6.51. The van der Waals surface area contributed by atoms with Crippen molar-refractivity contribution in [3.05, 3.63) is 24.0 Å². The topological polar surface area (TPSA) is 128 Å². The lowest BCUT2D eigenvalue weighted by molar-refractivity contribution is -0.136. The molecule has 0 spiro atoms. The molecule has 0 aliphatic carbocycles. The fourth-order valence-electron chi connectivity index (χ4n) is 1.30. The molecule has 0 fully saturated rings. The monoisotopic (exact) mass is 315 g/mol. The van der Waals surface area contributed by atoms with Gasteiger partial charge in [0.15, 0.2) is 0 Å². The number of benzene rings is 1. The van der Waals surface area contributed by atoms with Gasteiger partial charge >= 0.3 is 12.1 Å². The molecule has 0 saturated heterocycles. The first-order valence-electron chi connectivity index (χ1n) is 6.51. The highest BCUT2D eigenvalue weighted by Crippen LogP contribution is 2.20. The van der Waals surface area contributed by atoms with E-state index < -0.39 is 23.5 Å². The molecule has 1 amide bonds. The zero-order valence-corrected chi connectivity index (χ0v) is 12.9. The van der Waals surface area contributed by atoms with Crippen LogP contribution in [0.5, 0.6) is 0 Å². The van der Waals surface area contributed by atoms with Gasteiger partial charge in [-0.1, -0.05) is 6.07 Å². The molecule has 124 valence electrons. The predicted octanol–water partition coefficient (Wildman–Crippen LogP) is 2.17. The highest BCUT2D eigenvalue weighted by Gasteiger charge is 2.12. The molecule has 6 N–H and O–H groups in total. The lowest BCUT2D eigenvalue weighted by Gasteiger charge is -2.16. The molecule has 0 aromatic heterocycles. The number of ether oxygens (including phenoxy) is 1. The van der Waals surface area contributed by atoms with Crippen molar-refractivity contribution in [1.29, 1.82) is 0 Å². The Balaban J connectivity index is 0.000000472. The summed E-state index contributed by atoms with van der Waals surface area (Å²) in [4.78, 5) is 20.2. The third-order valence-corrected chi connectivity index (χ3v) is 2.11. The van der Waals surface area contributed by atoms with Gasteiger partial charge < -0.3 is 26.6 Å². The van der Waals surface area contributed by atoms with Gasteiger partial charge in [-0.25, -0.2) is 9.18 Å². The van der Waals surface area contributed by atoms with E-state index in [9.17, 15) is 14.0 Å². The van der Waals surface area contributed by atoms with Crippen molar-refractivity contribution in [2.24, 2.45) is 5.73 Å². The lowest BCUT2D eigenvalue weighted by atomic mass is 10.2. The molecule has 0 atom stereocenters. The van der Waals surface area contributed by atoms with Crippen molar-refractivity contribution >= 4 is 23.4 Å². The molecule has 7 nitrogen and oxygen atoms in total. The number of carbonyl (C=O) groups is 2. The smallest absolute Gasteiger partial charge is 0.405 e. The highest BCUT2D eigenvalue weighted by molar-refractivity contribution is 5.69. The number of anilines is 2. The molecule has 1 rings (SSSR count). The van der Waals surface area contributed by atoms with Crippen LogP contribution in [0.4, 0.5) is 20.6 Å². The van der Waals surface area contributed by atoms with Gasteiger partial charge in [-0.15, -0.1) is 0 Å². The van der Waals surface area contributed by atoms with E-state index in [1.165, 1.54) is 12.1 Å². The minimum absolute atomic E-state index is 0.0119. The summed E-state index contributed by atoms with van der Waals surface area (Å²) in [5, 5.41) is 11.1. The minimum atomic E-state index is -0.910. The van der Waals surface area contributed by atoms with Crippen molar-refractivity contribution in [1.82, 2.24) is 0 Å². The number of hydrogen-bond donors (Lipinski definition) is 4. The maximum atomic E-state index is 12.9. The summed E-state index contributed by atoms with van der Waals surface area (Å²) in [6, 6.07) is 4.35. The van der Waals surface area contributed by atoms with Crippen molar-refractivity contribution < 1.29 is 23.8 Å². The number of hydrogen-bond acceptors (Lipinski definition) is 5. The van der Waals surface area contributed by atoms with Crippen LogP contribution >= 0.6 is 0 Å². The van der Waals surface area contributed by atoms with Crippen LogP contribution in [0.15, 0.2) is 18.2 Å². The Labute approximate surface area is 128 Å². The van der Waals surface area contributed by atoms with E-state index in [1.807, 2.05) is 0 Å². The summed E-state index contributed by atoms with van der Waals surface area (Å²) in [6.45, 7) is 5.51. The molecule has 1 aromatic rings. The Morgan fingerprint density at radius 3 is 2.36 bits per heavy atom. The standard InChI is InChI=1S/C9H11FN2O2.C5H11NO2/c10-6-2-1-3-7(9(6)11)12-5-4-8(13)14;1-5(2,3)8-4(6)7/h1-3,12H,4-5,11H2,(H,13,14);1-3H3,(H2,6,7). The second-order valence-electron chi connectivity index (χ2n) is 5.31. The molecule has 8 heteroatoms. The van der Waals surface area contributed by atoms with Gasteiger partial charge in [0.2, 0.25) is 0 Å². The van der Waals surface area contributed by atoms with Crippen LogP contribution in [0.2, 0.25) is 0 Å². The Bertz CT molecular complexity index is 515. The molecule has 0 heterocycles. The van der Waals surface area contributed by atoms with Gasteiger partial charge in [-0.05, 0) is 32.9 Å². The Morgan fingerprint density at radius 2 is 1.95 bits per heavy atom. The Kier molecular flexibility index (Phi) is 7.71. The van der Waals surface area contributed by atoms with Crippen LogP contribution in [0.3, 0.4) is 0 Å². The van der Waals surface area contributed by atoms with Crippen LogP contribution in [0, 0.1) is 5.82 Å². The number of nitrogen functional groups attached to an aromatic ring is 1. The third-order valence-electron chi connectivity index (χ3n) is 2.11. The first kappa shape index (κ1) is 19.5. The Morgan fingerprint density at radius 1 is 1.36 bits per heavy atom. The molecule has 0 unspecified atom stereocenters. The highest BCUT2D eigenvalue weighted by atomic mass is 19.1. The fourth-order valence-corrected chi connectivity index (χ4v) is 1.30. The van der Waals surface area contributed by atoms with Crippen LogP contribution < -0.4 is 16.8 Å². The number of aliphatic carboxylic acids is 1. The largest absolute Gasteiger partial charge is 0.481 e. The predicted molar refractivity (Wildman–Crippen MR) is 82.0 cm³/mol.